The smallest absolute Gasteiger partial charge is 0.326 e. The van der Waals surface area contributed by atoms with Crippen molar-refractivity contribution in [1.82, 2.24) is 42.5 Å². The summed E-state index contributed by atoms with van der Waals surface area (Å²) in [4.78, 5) is 112. The van der Waals surface area contributed by atoms with Crippen LogP contribution in [0.15, 0.2) is 0 Å². The lowest BCUT2D eigenvalue weighted by Crippen LogP contribution is -2.62. The molecule has 0 saturated carbocycles. The zero-order chi connectivity index (χ0) is 42.4. The third-order valence-electron chi connectivity index (χ3n) is 7.68. The van der Waals surface area contributed by atoms with E-state index in [1.807, 2.05) is 10.6 Å². The van der Waals surface area contributed by atoms with Crippen molar-refractivity contribution in [2.45, 2.75) is 95.3 Å². The van der Waals surface area contributed by atoms with Crippen molar-refractivity contribution < 1.29 is 68.7 Å². The minimum absolute atomic E-state index is 0.0697. The number of amides is 8. The summed E-state index contributed by atoms with van der Waals surface area (Å²) in [6.45, 7) is 1.22. The number of carboxylic acid groups (broad SMARTS) is 1. The molecule has 0 unspecified atom stereocenters. The Bertz CT molecular complexity index is 1330. The van der Waals surface area contributed by atoms with Crippen LogP contribution in [0.25, 0.3) is 0 Å². The first-order valence-electron chi connectivity index (χ1n) is 17.3. The molecular weight excluding hydrogens is 736 g/mol. The Balaban J connectivity index is 5.41. The standard InChI is InChI=1S/C31H56N10O14/c1-14(2)23(30(53)37-17(31(54)55)7-5-6-8-32)41-29(52)21(13-45)40-28(51)20(12-44)39-27(50)19(11-43)38-26(49)18(10-42)36-22(46)9-34-25(48)16(4)35-24(47)15(3)33/h14-21,23,42-45H,5-13,32-33H2,1-4H3,(H,34,48)(H,35,47)(H,36,46)(H,37,53)(H,38,49)(H,39,50)(H,40,51)(H,41,52)(H,54,55)/t15-,16-,17-,18-,19-,20-,21-,23-/m0/s1. The summed E-state index contributed by atoms with van der Waals surface area (Å²) in [6.07, 6.45) is 0.990. The maximum absolute atomic E-state index is 13.0. The van der Waals surface area contributed by atoms with E-state index >= 15 is 0 Å². The summed E-state index contributed by atoms with van der Waals surface area (Å²) in [5.74, 6) is -9.87. The maximum atomic E-state index is 13.0. The van der Waals surface area contributed by atoms with Crippen LogP contribution in [0, 0.1) is 5.92 Å². The van der Waals surface area contributed by atoms with Crippen molar-refractivity contribution in [2.24, 2.45) is 17.4 Å². The van der Waals surface area contributed by atoms with E-state index in [9.17, 15) is 68.7 Å². The molecule has 0 aromatic heterocycles. The molecule has 0 bridgehead atoms. The first kappa shape index (κ1) is 50.0. The van der Waals surface area contributed by atoms with Crippen LogP contribution < -0.4 is 54.0 Å². The highest BCUT2D eigenvalue weighted by Crippen LogP contribution is 2.07. The summed E-state index contributed by atoms with van der Waals surface area (Å²) >= 11 is 0. The topological polar surface area (TPSA) is 403 Å². The average Bonchev–Trinajstić information content (AvgIpc) is 3.13. The Morgan fingerprint density at radius 2 is 0.945 bits per heavy atom. The highest BCUT2D eigenvalue weighted by molar-refractivity contribution is 5.97. The van der Waals surface area contributed by atoms with Gasteiger partial charge in [-0.05, 0) is 45.6 Å². The Morgan fingerprint density at radius 1 is 0.527 bits per heavy atom. The molecule has 0 aliphatic rings. The van der Waals surface area contributed by atoms with Gasteiger partial charge in [0.2, 0.25) is 47.3 Å². The van der Waals surface area contributed by atoms with Gasteiger partial charge in [0.15, 0.2) is 0 Å². The molecule has 0 aliphatic heterocycles. The molecule has 0 aromatic rings. The summed E-state index contributed by atoms with van der Waals surface area (Å²) in [6, 6.07) is -11.7. The second kappa shape index (κ2) is 25.9. The number of aliphatic hydroxyl groups excluding tert-OH is 4. The van der Waals surface area contributed by atoms with Crippen LogP contribution in [0.5, 0.6) is 0 Å². The van der Waals surface area contributed by atoms with Gasteiger partial charge >= 0.3 is 5.97 Å². The summed E-state index contributed by atoms with van der Waals surface area (Å²) < 4.78 is 0. The molecule has 0 aliphatic carbocycles. The van der Waals surface area contributed by atoms with Gasteiger partial charge in [0.25, 0.3) is 0 Å². The quantitative estimate of drug-likeness (QED) is 0.0362. The number of nitrogens with one attached hydrogen (secondary N) is 8. The monoisotopic (exact) mass is 792 g/mol. The number of nitrogens with two attached hydrogens (primary N) is 2. The second-order valence-corrected chi connectivity index (χ2v) is 12.7. The van der Waals surface area contributed by atoms with E-state index in [0.717, 1.165) is 0 Å². The number of carboxylic acids is 1. The first-order valence-corrected chi connectivity index (χ1v) is 17.3. The predicted molar refractivity (Wildman–Crippen MR) is 190 cm³/mol. The van der Waals surface area contributed by atoms with Crippen molar-refractivity contribution in [3.05, 3.63) is 0 Å². The molecule has 0 heterocycles. The molecular formula is C31H56N10O14. The van der Waals surface area contributed by atoms with E-state index in [-0.39, 0.29) is 6.42 Å². The number of hydrogen-bond donors (Lipinski definition) is 15. The van der Waals surface area contributed by atoms with Gasteiger partial charge in [-0.25, -0.2) is 4.79 Å². The van der Waals surface area contributed by atoms with Crippen molar-refractivity contribution >= 4 is 53.2 Å². The van der Waals surface area contributed by atoms with Crippen molar-refractivity contribution in [1.29, 1.82) is 0 Å². The number of carbonyl (C=O) groups is 9. The molecule has 24 nitrogen and oxygen atoms in total. The van der Waals surface area contributed by atoms with Crippen LogP contribution in [-0.4, -0.2) is 167 Å². The molecule has 0 fully saturated rings. The van der Waals surface area contributed by atoms with Gasteiger partial charge in [0, 0.05) is 0 Å². The summed E-state index contributed by atoms with van der Waals surface area (Å²) in [7, 11) is 0. The molecule has 55 heavy (non-hydrogen) atoms. The number of aliphatic hydroxyl groups is 4. The minimum Gasteiger partial charge on any atom is -0.480 e. The van der Waals surface area contributed by atoms with Gasteiger partial charge in [-0.3, -0.25) is 38.4 Å². The fraction of sp³-hybridized carbons (Fsp3) is 0.710. The summed E-state index contributed by atoms with van der Waals surface area (Å²) in [5.41, 5.74) is 10.8. The molecule has 0 radical (unpaired) electrons. The fourth-order valence-electron chi connectivity index (χ4n) is 4.37. The SMILES string of the molecule is CC(C)[C@H](NC(=O)[C@H](CO)NC(=O)[C@H](CO)NC(=O)[C@H](CO)NC(=O)[C@H](CO)NC(=O)CNC(=O)[C@H](C)NC(=O)[C@H](C)N)C(=O)N[C@@H](CCCCN)C(=O)O. The Morgan fingerprint density at radius 3 is 1.33 bits per heavy atom. The maximum Gasteiger partial charge on any atom is 0.326 e. The highest BCUT2D eigenvalue weighted by Gasteiger charge is 2.34. The van der Waals surface area contributed by atoms with E-state index in [4.69, 9.17) is 11.5 Å². The van der Waals surface area contributed by atoms with Crippen molar-refractivity contribution in [3.63, 3.8) is 0 Å². The van der Waals surface area contributed by atoms with E-state index in [0.29, 0.717) is 19.4 Å². The lowest BCUT2D eigenvalue weighted by Gasteiger charge is -2.27. The predicted octanol–water partition coefficient (Wildman–Crippen LogP) is -8.30. The number of hydrogen-bond acceptors (Lipinski definition) is 15. The van der Waals surface area contributed by atoms with E-state index in [2.05, 4.69) is 31.9 Å². The molecule has 17 N–H and O–H groups in total. The molecule has 0 aromatic carbocycles. The zero-order valence-corrected chi connectivity index (χ0v) is 31.1. The Hall–Kier alpha value is -5.01. The molecule has 314 valence electrons. The number of aliphatic carboxylic acids is 1. The molecule has 8 amide bonds. The van der Waals surface area contributed by atoms with Crippen molar-refractivity contribution in [2.75, 3.05) is 39.5 Å². The third-order valence-corrected chi connectivity index (χ3v) is 7.68. The molecule has 24 heteroatoms. The minimum atomic E-state index is -1.83. The van der Waals surface area contributed by atoms with Crippen LogP contribution in [0.3, 0.4) is 0 Å². The van der Waals surface area contributed by atoms with Crippen LogP contribution in [0.1, 0.15) is 47.0 Å². The molecule has 8 atom stereocenters. The van der Waals surface area contributed by atoms with Crippen LogP contribution >= 0.6 is 0 Å². The number of rotatable bonds is 26. The van der Waals surface area contributed by atoms with E-state index in [1.165, 1.54) is 13.8 Å². The van der Waals surface area contributed by atoms with Crippen molar-refractivity contribution in [3.8, 4) is 0 Å². The Kier molecular flexibility index (Phi) is 23.5. The molecule has 0 rings (SSSR count). The second-order valence-electron chi connectivity index (χ2n) is 12.7. The van der Waals surface area contributed by atoms with Gasteiger partial charge < -0.3 is 79.5 Å². The van der Waals surface area contributed by atoms with Gasteiger partial charge in [-0.1, -0.05) is 13.8 Å². The normalized spacial score (nSPS) is 15.3. The number of carbonyl (C=O) groups excluding carboxylic acids is 8. The van der Waals surface area contributed by atoms with E-state index < -0.39 is 140 Å². The van der Waals surface area contributed by atoms with Gasteiger partial charge in [0.1, 0.15) is 42.3 Å². The average molecular weight is 793 g/mol. The van der Waals surface area contributed by atoms with Gasteiger partial charge in [-0.2, -0.15) is 0 Å². The Labute approximate surface area is 316 Å². The van der Waals surface area contributed by atoms with Crippen LogP contribution in [0.4, 0.5) is 0 Å². The first-order chi connectivity index (χ1) is 25.8. The number of unbranched alkanes of at least 4 members (excludes halogenated alkanes) is 1. The molecule has 0 spiro atoms. The summed E-state index contributed by atoms with van der Waals surface area (Å²) in [5, 5.41) is 65.9. The van der Waals surface area contributed by atoms with E-state index in [1.54, 1.807) is 13.8 Å². The largest absolute Gasteiger partial charge is 0.480 e. The van der Waals surface area contributed by atoms with Crippen LogP contribution in [-0.2, 0) is 43.2 Å². The highest BCUT2D eigenvalue weighted by atomic mass is 16.4. The molecule has 0 saturated heterocycles. The van der Waals surface area contributed by atoms with Gasteiger partial charge in [0.05, 0.1) is 39.0 Å². The lowest BCUT2D eigenvalue weighted by molar-refractivity contribution is -0.143. The lowest BCUT2D eigenvalue weighted by atomic mass is 10.0. The van der Waals surface area contributed by atoms with Gasteiger partial charge in [-0.15, -0.1) is 0 Å². The third kappa shape index (κ3) is 18.2. The van der Waals surface area contributed by atoms with Crippen LogP contribution in [0.2, 0.25) is 0 Å². The fourth-order valence-corrected chi connectivity index (χ4v) is 4.37. The zero-order valence-electron chi connectivity index (χ0n) is 31.1.